The van der Waals surface area contributed by atoms with Crippen LogP contribution < -0.4 is 9.60 Å². The van der Waals surface area contributed by atoms with Crippen molar-refractivity contribution in [3.8, 4) is 0 Å². The van der Waals surface area contributed by atoms with Crippen molar-refractivity contribution >= 4 is 31.6 Å². The van der Waals surface area contributed by atoms with E-state index in [1.165, 1.54) is 12.8 Å². The molecular formula is C18H27N3O3S2. The largest absolute Gasteiger partial charge is 0.308 e. The molecule has 1 aliphatic rings. The van der Waals surface area contributed by atoms with Gasteiger partial charge in [0.2, 0.25) is 10.0 Å². The predicted molar refractivity (Wildman–Crippen MR) is 106 cm³/mol. The molecule has 1 atom stereocenters. The van der Waals surface area contributed by atoms with Gasteiger partial charge >= 0.3 is 4.87 Å². The second-order valence-electron chi connectivity index (χ2n) is 7.04. The lowest BCUT2D eigenvalue weighted by Gasteiger charge is -2.30. The van der Waals surface area contributed by atoms with Gasteiger partial charge in [0, 0.05) is 19.6 Å². The average Bonchev–Trinajstić information content (AvgIpc) is 2.93. The van der Waals surface area contributed by atoms with Crippen molar-refractivity contribution in [2.24, 2.45) is 5.92 Å². The van der Waals surface area contributed by atoms with Crippen LogP contribution in [0.15, 0.2) is 27.9 Å². The van der Waals surface area contributed by atoms with Crippen molar-refractivity contribution in [2.75, 3.05) is 26.2 Å². The monoisotopic (exact) mass is 397 g/mol. The average molecular weight is 398 g/mol. The van der Waals surface area contributed by atoms with E-state index in [0.29, 0.717) is 17.8 Å². The lowest BCUT2D eigenvalue weighted by atomic mass is 10.0. The van der Waals surface area contributed by atoms with Crippen LogP contribution in [-0.4, -0.2) is 44.1 Å². The molecule has 1 aromatic carbocycles. The zero-order chi connectivity index (χ0) is 18.7. The van der Waals surface area contributed by atoms with Gasteiger partial charge in [-0.2, -0.15) is 0 Å². The zero-order valence-electron chi connectivity index (χ0n) is 15.4. The molecule has 0 saturated carbocycles. The number of aromatic nitrogens is 1. The number of fused-ring (bicyclic) bond motifs is 1. The summed E-state index contributed by atoms with van der Waals surface area (Å²) in [6.07, 6.45) is 3.32. The molecule has 2 aromatic rings. The van der Waals surface area contributed by atoms with Crippen LogP contribution in [0.1, 0.15) is 33.1 Å². The summed E-state index contributed by atoms with van der Waals surface area (Å²) in [4.78, 5) is 14.5. The van der Waals surface area contributed by atoms with Gasteiger partial charge in [0.1, 0.15) is 0 Å². The van der Waals surface area contributed by atoms with Gasteiger partial charge in [-0.15, -0.1) is 0 Å². The molecule has 0 bridgehead atoms. The highest BCUT2D eigenvalue weighted by molar-refractivity contribution is 7.89. The molecular weight excluding hydrogens is 370 g/mol. The topological polar surface area (TPSA) is 71.4 Å². The first kappa shape index (κ1) is 19.5. The molecule has 144 valence electrons. The minimum absolute atomic E-state index is 0.0548. The molecule has 0 unspecified atom stereocenters. The number of nitrogens with one attached hydrogen (secondary N) is 1. The molecule has 1 fully saturated rings. The summed E-state index contributed by atoms with van der Waals surface area (Å²) in [6, 6.07) is 4.90. The summed E-state index contributed by atoms with van der Waals surface area (Å²) < 4.78 is 30.1. The van der Waals surface area contributed by atoms with E-state index in [1.54, 1.807) is 22.8 Å². The Hall–Kier alpha value is -1.22. The fraction of sp³-hybridized carbons (Fsp3) is 0.611. The number of aryl methyl sites for hydroxylation is 1. The molecule has 0 radical (unpaired) electrons. The second kappa shape index (κ2) is 8.21. The summed E-state index contributed by atoms with van der Waals surface area (Å²) in [5.41, 5.74) is 0.792. The molecule has 0 spiro atoms. The third kappa shape index (κ3) is 4.36. The van der Waals surface area contributed by atoms with Crippen LogP contribution in [0, 0.1) is 5.92 Å². The van der Waals surface area contributed by atoms with E-state index in [0.717, 1.165) is 48.8 Å². The highest BCUT2D eigenvalue weighted by Crippen LogP contribution is 2.21. The van der Waals surface area contributed by atoms with E-state index in [-0.39, 0.29) is 9.77 Å². The smallest absolute Gasteiger partial charge is 0.303 e. The minimum atomic E-state index is -3.55. The van der Waals surface area contributed by atoms with Crippen molar-refractivity contribution in [1.82, 2.24) is 14.2 Å². The first-order valence-electron chi connectivity index (χ1n) is 9.26. The number of hydrogen-bond donors (Lipinski definition) is 1. The van der Waals surface area contributed by atoms with E-state index in [4.69, 9.17) is 0 Å². The molecule has 1 N–H and O–H groups in total. The molecule has 6 nitrogen and oxygen atoms in total. The van der Waals surface area contributed by atoms with Gasteiger partial charge in [0.05, 0.1) is 15.1 Å². The van der Waals surface area contributed by atoms with Gasteiger partial charge in [-0.1, -0.05) is 18.3 Å². The Bertz CT molecular complexity index is 917. The summed E-state index contributed by atoms with van der Waals surface area (Å²) in [6.45, 7) is 8.33. The minimum Gasteiger partial charge on any atom is -0.303 e. The molecule has 1 aromatic heterocycles. The summed E-state index contributed by atoms with van der Waals surface area (Å²) in [7, 11) is -3.55. The Labute approximate surface area is 158 Å². The van der Waals surface area contributed by atoms with E-state index in [1.807, 2.05) is 6.92 Å². The van der Waals surface area contributed by atoms with E-state index in [9.17, 15) is 13.2 Å². The molecule has 8 heteroatoms. The van der Waals surface area contributed by atoms with Crippen LogP contribution in [0.5, 0.6) is 0 Å². The Morgan fingerprint density at radius 1 is 1.35 bits per heavy atom. The first-order valence-corrected chi connectivity index (χ1v) is 11.6. The van der Waals surface area contributed by atoms with E-state index in [2.05, 4.69) is 16.5 Å². The Morgan fingerprint density at radius 3 is 2.88 bits per heavy atom. The second-order valence-corrected chi connectivity index (χ2v) is 9.80. The third-order valence-electron chi connectivity index (χ3n) is 4.95. The Kier molecular flexibility index (Phi) is 6.17. The number of rotatable bonds is 7. The SMILES string of the molecule is CCn1c(=O)sc2cc(S(=O)(=O)NCCCN3CCC[C@H](C)C3)ccc21. The van der Waals surface area contributed by atoms with Crippen LogP contribution in [-0.2, 0) is 16.6 Å². The van der Waals surface area contributed by atoms with Gasteiger partial charge in [-0.05, 0) is 63.4 Å². The standard InChI is InChI=1S/C18H27N3O3S2/c1-3-21-16-8-7-15(12-17(16)25-18(21)22)26(23,24)19-9-5-11-20-10-4-6-14(2)13-20/h7-8,12,14,19H,3-6,9-11,13H2,1-2H3/t14-/m0/s1. The lowest BCUT2D eigenvalue weighted by Crippen LogP contribution is -2.36. The zero-order valence-corrected chi connectivity index (χ0v) is 17.0. The van der Waals surface area contributed by atoms with Crippen LogP contribution in [0.25, 0.3) is 10.2 Å². The highest BCUT2D eigenvalue weighted by atomic mass is 32.2. The molecule has 0 amide bonds. The third-order valence-corrected chi connectivity index (χ3v) is 7.35. The molecule has 2 heterocycles. The van der Waals surface area contributed by atoms with Gasteiger partial charge in [0.25, 0.3) is 0 Å². The fourth-order valence-corrected chi connectivity index (χ4v) is 5.76. The molecule has 1 aliphatic heterocycles. The van der Waals surface area contributed by atoms with Crippen LogP contribution in [0.2, 0.25) is 0 Å². The number of piperidine rings is 1. The number of hydrogen-bond acceptors (Lipinski definition) is 5. The van der Waals surface area contributed by atoms with Crippen LogP contribution >= 0.6 is 11.3 Å². The highest BCUT2D eigenvalue weighted by Gasteiger charge is 2.18. The van der Waals surface area contributed by atoms with Crippen molar-refractivity contribution in [3.63, 3.8) is 0 Å². The van der Waals surface area contributed by atoms with Crippen molar-refractivity contribution in [2.45, 2.75) is 44.6 Å². The number of likely N-dealkylation sites (tertiary alicyclic amines) is 1. The Balaban J connectivity index is 1.61. The van der Waals surface area contributed by atoms with E-state index < -0.39 is 10.0 Å². The summed E-state index contributed by atoms with van der Waals surface area (Å²) in [5.74, 6) is 0.731. The van der Waals surface area contributed by atoms with E-state index >= 15 is 0 Å². The van der Waals surface area contributed by atoms with Gasteiger partial charge in [-0.3, -0.25) is 9.36 Å². The maximum absolute atomic E-state index is 12.5. The van der Waals surface area contributed by atoms with Crippen molar-refractivity contribution < 1.29 is 8.42 Å². The maximum atomic E-state index is 12.5. The van der Waals surface area contributed by atoms with Crippen molar-refractivity contribution in [1.29, 1.82) is 0 Å². The number of thiazole rings is 1. The molecule has 26 heavy (non-hydrogen) atoms. The molecule has 0 aliphatic carbocycles. The normalized spacial score (nSPS) is 19.2. The lowest BCUT2D eigenvalue weighted by molar-refractivity contribution is 0.182. The van der Waals surface area contributed by atoms with Gasteiger partial charge in [-0.25, -0.2) is 13.1 Å². The van der Waals surface area contributed by atoms with Crippen LogP contribution in [0.4, 0.5) is 0 Å². The fourth-order valence-electron chi connectivity index (χ4n) is 3.60. The Morgan fingerprint density at radius 2 is 2.15 bits per heavy atom. The quantitative estimate of drug-likeness (QED) is 0.729. The molecule has 1 saturated heterocycles. The summed E-state index contributed by atoms with van der Waals surface area (Å²) >= 11 is 1.09. The van der Waals surface area contributed by atoms with Gasteiger partial charge in [0.15, 0.2) is 0 Å². The van der Waals surface area contributed by atoms with Gasteiger partial charge < -0.3 is 4.90 Å². The number of benzene rings is 1. The summed E-state index contributed by atoms with van der Waals surface area (Å²) in [5, 5.41) is 0. The van der Waals surface area contributed by atoms with Crippen molar-refractivity contribution in [3.05, 3.63) is 27.9 Å². The van der Waals surface area contributed by atoms with Crippen LogP contribution in [0.3, 0.4) is 0 Å². The predicted octanol–water partition coefficient (Wildman–Crippen LogP) is 2.48. The number of nitrogens with zero attached hydrogens (tertiary/aromatic N) is 2. The first-order chi connectivity index (χ1) is 12.4. The number of sulfonamides is 1. The molecule has 3 rings (SSSR count). The maximum Gasteiger partial charge on any atom is 0.308 e.